The van der Waals surface area contributed by atoms with Gasteiger partial charge in [-0.2, -0.15) is 4.98 Å². The largest absolute Gasteiger partial charge is 0.434 e. The van der Waals surface area contributed by atoms with Crippen molar-refractivity contribution in [3.8, 4) is 11.6 Å². The number of aliphatic hydroxyl groups excluding tert-OH is 1. The van der Waals surface area contributed by atoms with Crippen LogP contribution in [0.3, 0.4) is 0 Å². The van der Waals surface area contributed by atoms with Gasteiger partial charge in [0, 0.05) is 0 Å². The van der Waals surface area contributed by atoms with Gasteiger partial charge in [0.1, 0.15) is 12.1 Å². The van der Waals surface area contributed by atoms with E-state index in [2.05, 4.69) is 15.4 Å². The molecule has 0 bridgehead atoms. The molecular weight excluding hydrogens is 266 g/mol. The number of nitrogens with two attached hydrogens (primary N) is 1. The molecule has 9 heteroatoms. The minimum Gasteiger partial charge on any atom is -0.434 e. The Labute approximate surface area is 113 Å². The second-order valence-electron chi connectivity index (χ2n) is 3.69. The van der Waals surface area contributed by atoms with Crippen LogP contribution in [0.25, 0.3) is 0 Å². The summed E-state index contributed by atoms with van der Waals surface area (Å²) in [6.07, 6.45) is 1.09. The fourth-order valence-electron chi connectivity index (χ4n) is 1.53. The summed E-state index contributed by atoms with van der Waals surface area (Å²) >= 11 is 0. The Morgan fingerprint density at radius 2 is 2.25 bits per heavy atom. The monoisotopic (exact) mass is 277 g/mol. The van der Waals surface area contributed by atoms with Gasteiger partial charge in [-0.25, -0.2) is 10.8 Å². The van der Waals surface area contributed by atoms with E-state index in [0.717, 1.165) is 6.33 Å². The predicted molar refractivity (Wildman–Crippen MR) is 68.9 cm³/mol. The normalized spacial score (nSPS) is 10.1. The molecule has 1 heterocycles. The number of hydrogen-bond donors (Lipinski definition) is 3. The molecule has 0 atom stereocenters. The van der Waals surface area contributed by atoms with Crippen LogP contribution in [0.15, 0.2) is 30.6 Å². The summed E-state index contributed by atoms with van der Waals surface area (Å²) in [5.41, 5.74) is 2.25. The molecule has 0 saturated heterocycles. The number of ether oxygens (including phenoxy) is 1. The van der Waals surface area contributed by atoms with Gasteiger partial charge in [-0.1, -0.05) is 12.1 Å². The zero-order valence-electron chi connectivity index (χ0n) is 10.2. The zero-order chi connectivity index (χ0) is 14.5. The highest BCUT2D eigenvalue weighted by Crippen LogP contribution is 2.33. The van der Waals surface area contributed by atoms with E-state index in [-0.39, 0.29) is 18.3 Å². The van der Waals surface area contributed by atoms with E-state index < -0.39 is 10.6 Å². The maximum atomic E-state index is 11.0. The van der Waals surface area contributed by atoms with E-state index in [4.69, 9.17) is 15.7 Å². The number of benzene rings is 1. The van der Waals surface area contributed by atoms with E-state index in [1.807, 2.05) is 0 Å². The number of rotatable bonds is 5. The number of hydrazine groups is 1. The van der Waals surface area contributed by atoms with Crippen LogP contribution in [-0.4, -0.2) is 20.0 Å². The Hall–Kier alpha value is -2.78. The predicted octanol–water partition coefficient (Wildman–Crippen LogP) is 0.955. The molecule has 0 aliphatic heterocycles. The number of aromatic nitrogens is 2. The Morgan fingerprint density at radius 1 is 1.45 bits per heavy atom. The Balaban J connectivity index is 2.40. The van der Waals surface area contributed by atoms with E-state index in [1.165, 1.54) is 0 Å². The van der Waals surface area contributed by atoms with Crippen LogP contribution < -0.4 is 16.0 Å². The number of aliphatic hydroxyl groups is 1. The fourth-order valence-corrected chi connectivity index (χ4v) is 1.53. The fraction of sp³-hybridized carbons (Fsp3) is 0.0909. The molecule has 9 nitrogen and oxygen atoms in total. The first-order valence-corrected chi connectivity index (χ1v) is 5.49. The molecule has 4 N–H and O–H groups in total. The molecule has 0 aliphatic carbocycles. The van der Waals surface area contributed by atoms with Gasteiger partial charge in [0.2, 0.25) is 5.82 Å². The lowest BCUT2D eigenvalue weighted by molar-refractivity contribution is -0.385. The van der Waals surface area contributed by atoms with Gasteiger partial charge >= 0.3 is 11.6 Å². The molecule has 0 amide bonds. The summed E-state index contributed by atoms with van der Waals surface area (Å²) < 4.78 is 5.36. The first-order chi connectivity index (χ1) is 9.65. The zero-order valence-corrected chi connectivity index (χ0v) is 10.2. The molecule has 0 fully saturated rings. The SMILES string of the molecule is NNc1ncnc(Oc2cccc(CO)c2)c1[N+](=O)[O-]. The smallest absolute Gasteiger partial charge is 0.374 e. The minimum absolute atomic E-state index is 0.154. The third-order valence-electron chi connectivity index (χ3n) is 2.40. The molecule has 20 heavy (non-hydrogen) atoms. The molecule has 0 saturated carbocycles. The van der Waals surface area contributed by atoms with Crippen LogP contribution in [0.1, 0.15) is 5.56 Å². The number of hydrogen-bond acceptors (Lipinski definition) is 8. The lowest BCUT2D eigenvalue weighted by atomic mass is 10.2. The third kappa shape index (κ3) is 2.79. The van der Waals surface area contributed by atoms with Gasteiger partial charge in [-0.3, -0.25) is 10.1 Å². The third-order valence-corrected chi connectivity index (χ3v) is 2.40. The van der Waals surface area contributed by atoms with E-state index in [1.54, 1.807) is 24.3 Å². The van der Waals surface area contributed by atoms with Gasteiger partial charge < -0.3 is 15.3 Å². The summed E-state index contributed by atoms with van der Waals surface area (Å²) in [4.78, 5) is 17.7. The molecule has 0 radical (unpaired) electrons. The average molecular weight is 277 g/mol. The van der Waals surface area contributed by atoms with Crippen molar-refractivity contribution in [1.82, 2.24) is 9.97 Å². The van der Waals surface area contributed by atoms with Crippen molar-refractivity contribution in [3.63, 3.8) is 0 Å². The van der Waals surface area contributed by atoms with E-state index in [0.29, 0.717) is 11.3 Å². The van der Waals surface area contributed by atoms with E-state index >= 15 is 0 Å². The first-order valence-electron chi connectivity index (χ1n) is 5.49. The maximum absolute atomic E-state index is 11.0. The second-order valence-corrected chi connectivity index (χ2v) is 3.69. The molecule has 2 rings (SSSR count). The first kappa shape index (κ1) is 13.6. The highest BCUT2D eigenvalue weighted by Gasteiger charge is 2.24. The standard InChI is InChI=1S/C11H11N5O4/c12-15-10-9(16(18)19)11(14-6-13-10)20-8-3-1-2-7(4-8)5-17/h1-4,6,17H,5,12H2,(H,13,14,15). The Bertz CT molecular complexity index is 634. The summed E-state index contributed by atoms with van der Waals surface area (Å²) in [7, 11) is 0. The van der Waals surface area contributed by atoms with Gasteiger partial charge in [-0.05, 0) is 17.7 Å². The molecule has 0 spiro atoms. The molecule has 1 aromatic carbocycles. The quantitative estimate of drug-likeness (QED) is 0.417. The van der Waals surface area contributed by atoms with Crippen molar-refractivity contribution in [3.05, 3.63) is 46.3 Å². The molecule has 2 aromatic rings. The lowest BCUT2D eigenvalue weighted by Gasteiger charge is -2.07. The summed E-state index contributed by atoms with van der Waals surface area (Å²) in [6.45, 7) is -0.168. The van der Waals surface area contributed by atoms with Gasteiger partial charge in [-0.15, -0.1) is 0 Å². The molecule has 0 unspecified atom stereocenters. The number of nitrogens with one attached hydrogen (secondary N) is 1. The van der Waals surface area contributed by atoms with Crippen LogP contribution in [0.4, 0.5) is 11.5 Å². The minimum atomic E-state index is -0.694. The second kappa shape index (κ2) is 5.91. The summed E-state index contributed by atoms with van der Waals surface area (Å²) in [6, 6.07) is 6.46. The molecule has 104 valence electrons. The number of anilines is 1. The average Bonchev–Trinajstić information content (AvgIpc) is 2.46. The maximum Gasteiger partial charge on any atom is 0.374 e. The van der Waals surface area contributed by atoms with Crippen LogP contribution >= 0.6 is 0 Å². The van der Waals surface area contributed by atoms with Crippen LogP contribution in [0, 0.1) is 10.1 Å². The Morgan fingerprint density at radius 3 is 2.90 bits per heavy atom. The number of nitro groups is 1. The van der Waals surface area contributed by atoms with Gasteiger partial charge in [0.05, 0.1) is 11.5 Å². The summed E-state index contributed by atoms with van der Waals surface area (Å²) in [5.74, 6) is 5.07. The highest BCUT2D eigenvalue weighted by molar-refractivity contribution is 5.61. The van der Waals surface area contributed by atoms with Crippen molar-refractivity contribution in [2.45, 2.75) is 6.61 Å². The van der Waals surface area contributed by atoms with Crippen LogP contribution in [-0.2, 0) is 6.61 Å². The van der Waals surface area contributed by atoms with Crippen molar-refractivity contribution in [1.29, 1.82) is 0 Å². The molecule has 0 aliphatic rings. The van der Waals surface area contributed by atoms with Gasteiger partial charge in [0.25, 0.3) is 0 Å². The topological polar surface area (TPSA) is 136 Å². The van der Waals surface area contributed by atoms with Crippen LogP contribution in [0.2, 0.25) is 0 Å². The molecular formula is C11H11N5O4. The molecule has 1 aromatic heterocycles. The number of nitrogen functional groups attached to an aromatic ring is 1. The summed E-state index contributed by atoms with van der Waals surface area (Å²) in [5, 5.41) is 20.1. The Kier molecular flexibility index (Phi) is 4.03. The van der Waals surface area contributed by atoms with Crippen molar-refractivity contribution >= 4 is 11.5 Å². The van der Waals surface area contributed by atoms with Crippen molar-refractivity contribution in [2.75, 3.05) is 5.43 Å². The number of nitrogens with zero attached hydrogens (tertiary/aromatic N) is 3. The van der Waals surface area contributed by atoms with E-state index in [9.17, 15) is 10.1 Å². The highest BCUT2D eigenvalue weighted by atomic mass is 16.6. The van der Waals surface area contributed by atoms with Gasteiger partial charge in [0.15, 0.2) is 0 Å². The lowest BCUT2D eigenvalue weighted by Crippen LogP contribution is -2.12. The van der Waals surface area contributed by atoms with Crippen molar-refractivity contribution < 1.29 is 14.8 Å². The van der Waals surface area contributed by atoms with Crippen LogP contribution in [0.5, 0.6) is 11.6 Å². The van der Waals surface area contributed by atoms with Crippen molar-refractivity contribution in [2.24, 2.45) is 5.84 Å².